The molecule has 1 aromatic carbocycles. The van der Waals surface area contributed by atoms with Crippen molar-refractivity contribution in [2.75, 3.05) is 29.4 Å². The number of pyridine rings is 1. The molecule has 148 valence electrons. The molecule has 2 heterocycles. The Morgan fingerprint density at radius 1 is 1.29 bits per heavy atom. The molecule has 1 fully saturated rings. The first kappa shape index (κ1) is 20.0. The molecule has 0 aliphatic carbocycles. The fourth-order valence-electron chi connectivity index (χ4n) is 3.85. The van der Waals surface area contributed by atoms with Crippen molar-refractivity contribution in [3.05, 3.63) is 53.3 Å². The van der Waals surface area contributed by atoms with Gasteiger partial charge in [0.25, 0.3) is 0 Å². The first-order valence-electron chi connectivity index (χ1n) is 9.38. The molecule has 1 aromatic heterocycles. The molecule has 7 heteroatoms. The first-order valence-corrected chi connectivity index (χ1v) is 9.38. The molecule has 1 atom stereocenters. The van der Waals surface area contributed by atoms with Crippen LogP contribution in [0.3, 0.4) is 0 Å². The summed E-state index contributed by atoms with van der Waals surface area (Å²) in [5.41, 5.74) is 1.40. The minimum atomic E-state index is -4.55. The standard InChI is InChI=1S/C21H23F3N4/c1-3-28(17-7-6-16(11-25)20(10-17)21(22,23)24)18-5-4-8-27(14-18)19-9-15(2)12-26-13-19/h6-7,9-10,12-13,18H,3-5,8,14H2,1-2H3. The third-order valence-electron chi connectivity index (χ3n) is 5.16. The topological polar surface area (TPSA) is 43.2 Å². The lowest BCUT2D eigenvalue weighted by molar-refractivity contribution is -0.137. The zero-order valence-electron chi connectivity index (χ0n) is 16.0. The van der Waals surface area contributed by atoms with E-state index in [2.05, 4.69) is 16.0 Å². The van der Waals surface area contributed by atoms with E-state index in [1.165, 1.54) is 6.07 Å². The van der Waals surface area contributed by atoms with Crippen LogP contribution in [-0.2, 0) is 6.18 Å². The van der Waals surface area contributed by atoms with Crippen LogP contribution in [0.5, 0.6) is 0 Å². The lowest BCUT2D eigenvalue weighted by atomic mass is 10.0. The van der Waals surface area contributed by atoms with E-state index < -0.39 is 11.7 Å². The van der Waals surface area contributed by atoms with Crippen LogP contribution in [0.25, 0.3) is 0 Å². The molecule has 0 spiro atoms. The van der Waals surface area contributed by atoms with Gasteiger partial charge in [0.15, 0.2) is 0 Å². The highest BCUT2D eigenvalue weighted by Crippen LogP contribution is 2.35. The SMILES string of the molecule is CCN(c1ccc(C#N)c(C(F)(F)F)c1)C1CCCN(c2cncc(C)c2)C1. The molecule has 1 unspecified atom stereocenters. The van der Waals surface area contributed by atoms with Gasteiger partial charge in [-0.05, 0) is 56.5 Å². The molecule has 1 saturated heterocycles. The maximum absolute atomic E-state index is 13.4. The number of aromatic nitrogens is 1. The third kappa shape index (κ3) is 4.22. The van der Waals surface area contributed by atoms with E-state index in [9.17, 15) is 13.2 Å². The van der Waals surface area contributed by atoms with Crippen LogP contribution in [0, 0.1) is 18.3 Å². The zero-order valence-corrected chi connectivity index (χ0v) is 16.0. The van der Waals surface area contributed by atoms with Gasteiger partial charge in [0, 0.05) is 37.6 Å². The number of rotatable bonds is 4. The van der Waals surface area contributed by atoms with Crippen molar-refractivity contribution in [1.82, 2.24) is 4.98 Å². The molecule has 0 radical (unpaired) electrons. The average molecular weight is 388 g/mol. The van der Waals surface area contributed by atoms with Crippen LogP contribution in [0.2, 0.25) is 0 Å². The molecule has 1 aliphatic heterocycles. The van der Waals surface area contributed by atoms with E-state index in [-0.39, 0.29) is 11.6 Å². The highest BCUT2D eigenvalue weighted by Gasteiger charge is 2.35. The van der Waals surface area contributed by atoms with E-state index >= 15 is 0 Å². The van der Waals surface area contributed by atoms with Gasteiger partial charge in [-0.3, -0.25) is 4.98 Å². The smallest absolute Gasteiger partial charge is 0.368 e. The number of likely N-dealkylation sites (N-methyl/N-ethyl adjacent to an activating group) is 1. The predicted molar refractivity (Wildman–Crippen MR) is 103 cm³/mol. The Bertz CT molecular complexity index is 873. The quantitative estimate of drug-likeness (QED) is 0.756. The minimum absolute atomic E-state index is 0.0910. The van der Waals surface area contributed by atoms with Crippen LogP contribution < -0.4 is 9.80 Å². The summed E-state index contributed by atoms with van der Waals surface area (Å²) in [6, 6.07) is 7.81. The van der Waals surface area contributed by atoms with Crippen molar-refractivity contribution in [1.29, 1.82) is 5.26 Å². The largest absolute Gasteiger partial charge is 0.417 e. The Balaban J connectivity index is 1.88. The van der Waals surface area contributed by atoms with E-state index in [0.29, 0.717) is 12.2 Å². The number of benzene rings is 1. The van der Waals surface area contributed by atoms with E-state index in [1.54, 1.807) is 18.3 Å². The Morgan fingerprint density at radius 2 is 2.07 bits per heavy atom. The van der Waals surface area contributed by atoms with Crippen LogP contribution in [0.1, 0.15) is 36.5 Å². The maximum atomic E-state index is 13.4. The van der Waals surface area contributed by atoms with Gasteiger partial charge in [0.2, 0.25) is 0 Å². The van der Waals surface area contributed by atoms with Gasteiger partial charge in [0.1, 0.15) is 0 Å². The number of halogens is 3. The highest BCUT2D eigenvalue weighted by atomic mass is 19.4. The normalized spacial score (nSPS) is 17.3. The second kappa shape index (κ2) is 8.09. The van der Waals surface area contributed by atoms with Gasteiger partial charge in [0.05, 0.1) is 29.1 Å². The fraction of sp³-hybridized carbons (Fsp3) is 0.429. The molecule has 2 aromatic rings. The number of nitriles is 1. The summed E-state index contributed by atoms with van der Waals surface area (Å²) in [6.45, 7) is 6.15. The van der Waals surface area contributed by atoms with Gasteiger partial charge in [-0.1, -0.05) is 0 Å². The van der Waals surface area contributed by atoms with Crippen molar-refractivity contribution in [2.24, 2.45) is 0 Å². The van der Waals surface area contributed by atoms with Crippen LogP contribution in [0.15, 0.2) is 36.7 Å². The highest BCUT2D eigenvalue weighted by molar-refractivity contribution is 5.56. The van der Waals surface area contributed by atoms with E-state index in [0.717, 1.165) is 43.2 Å². The Labute approximate surface area is 163 Å². The predicted octanol–water partition coefficient (Wildman–Crippen LogP) is 4.78. The molecule has 0 amide bonds. The van der Waals surface area contributed by atoms with Crippen molar-refractivity contribution < 1.29 is 13.2 Å². The second-order valence-corrected chi connectivity index (χ2v) is 7.09. The maximum Gasteiger partial charge on any atom is 0.417 e. The Hall–Kier alpha value is -2.75. The Morgan fingerprint density at radius 3 is 2.71 bits per heavy atom. The number of alkyl halides is 3. The van der Waals surface area contributed by atoms with Gasteiger partial charge >= 0.3 is 6.18 Å². The fourth-order valence-corrected chi connectivity index (χ4v) is 3.85. The lowest BCUT2D eigenvalue weighted by Gasteiger charge is -2.41. The molecule has 0 saturated carbocycles. The van der Waals surface area contributed by atoms with Gasteiger partial charge in [-0.2, -0.15) is 18.4 Å². The summed E-state index contributed by atoms with van der Waals surface area (Å²) < 4.78 is 40.1. The van der Waals surface area contributed by atoms with Gasteiger partial charge in [-0.25, -0.2) is 0 Å². The number of hydrogen-bond donors (Lipinski definition) is 0. The van der Waals surface area contributed by atoms with Crippen LogP contribution in [0.4, 0.5) is 24.5 Å². The second-order valence-electron chi connectivity index (χ2n) is 7.09. The minimum Gasteiger partial charge on any atom is -0.368 e. The van der Waals surface area contributed by atoms with Crippen LogP contribution >= 0.6 is 0 Å². The average Bonchev–Trinajstić information content (AvgIpc) is 2.68. The number of anilines is 2. The summed E-state index contributed by atoms with van der Waals surface area (Å²) in [5, 5.41) is 9.02. The molecule has 3 rings (SSSR count). The van der Waals surface area contributed by atoms with Crippen LogP contribution in [-0.4, -0.2) is 30.7 Å². The summed E-state index contributed by atoms with van der Waals surface area (Å²) in [5.74, 6) is 0. The lowest BCUT2D eigenvalue weighted by Crippen LogP contribution is -2.48. The van der Waals surface area contributed by atoms with E-state index in [4.69, 9.17) is 5.26 Å². The molecule has 28 heavy (non-hydrogen) atoms. The summed E-state index contributed by atoms with van der Waals surface area (Å²) in [4.78, 5) is 8.50. The van der Waals surface area contributed by atoms with Crippen molar-refractivity contribution >= 4 is 11.4 Å². The van der Waals surface area contributed by atoms with Crippen molar-refractivity contribution in [3.63, 3.8) is 0 Å². The third-order valence-corrected chi connectivity index (χ3v) is 5.16. The molecule has 4 nitrogen and oxygen atoms in total. The molecular weight excluding hydrogens is 365 g/mol. The first-order chi connectivity index (χ1) is 13.3. The molecular formula is C21H23F3N4. The number of piperidine rings is 1. The molecule has 0 N–H and O–H groups in total. The Kier molecular flexibility index (Phi) is 5.78. The number of aryl methyl sites for hydroxylation is 1. The van der Waals surface area contributed by atoms with Gasteiger partial charge in [-0.15, -0.1) is 0 Å². The monoisotopic (exact) mass is 388 g/mol. The molecule has 1 aliphatic rings. The summed E-state index contributed by atoms with van der Waals surface area (Å²) in [7, 11) is 0. The zero-order chi connectivity index (χ0) is 20.3. The summed E-state index contributed by atoms with van der Waals surface area (Å²) in [6.07, 6.45) is 0.947. The van der Waals surface area contributed by atoms with Gasteiger partial charge < -0.3 is 9.80 Å². The summed E-state index contributed by atoms with van der Waals surface area (Å²) >= 11 is 0. The van der Waals surface area contributed by atoms with Crippen molar-refractivity contribution in [3.8, 4) is 6.07 Å². The van der Waals surface area contributed by atoms with E-state index in [1.807, 2.05) is 24.9 Å². The number of nitrogens with zero attached hydrogens (tertiary/aromatic N) is 4. The van der Waals surface area contributed by atoms with Crippen molar-refractivity contribution in [2.45, 2.75) is 38.9 Å². The number of hydrogen-bond acceptors (Lipinski definition) is 4. The molecule has 0 bridgehead atoms.